The highest BCUT2D eigenvalue weighted by Crippen LogP contribution is 2.41. The topological polar surface area (TPSA) is 8.17 Å². The van der Waals surface area contributed by atoms with Crippen LogP contribution in [0.3, 0.4) is 0 Å². The van der Waals surface area contributed by atoms with Gasteiger partial charge in [-0.15, -0.1) is 0 Å². The Morgan fingerprint density at radius 3 is 1.37 bits per heavy atom. The molecule has 0 fully saturated rings. The molecule has 0 saturated heterocycles. The van der Waals surface area contributed by atoms with Gasteiger partial charge in [-0.3, -0.25) is 0 Å². The Morgan fingerprint density at radius 1 is 0.308 bits per heavy atom. The first kappa shape index (κ1) is 30.0. The second-order valence-corrected chi connectivity index (χ2v) is 13.4. The molecule has 1 aromatic heterocycles. The van der Waals surface area contributed by atoms with E-state index in [2.05, 4.69) is 216 Å². The Morgan fingerprint density at radius 2 is 0.769 bits per heavy atom. The number of hydrogen-bond acceptors (Lipinski definition) is 1. The lowest BCUT2D eigenvalue weighted by molar-refractivity contribution is 1.18. The van der Waals surface area contributed by atoms with Crippen molar-refractivity contribution in [2.45, 2.75) is 0 Å². The molecular formula is C50H34N2. The molecule has 10 rings (SSSR count). The molecule has 0 bridgehead atoms. The van der Waals surface area contributed by atoms with Crippen LogP contribution >= 0.6 is 0 Å². The molecule has 52 heavy (non-hydrogen) atoms. The molecule has 0 radical (unpaired) electrons. The maximum atomic E-state index is 2.38. The highest BCUT2D eigenvalue weighted by atomic mass is 15.1. The zero-order valence-electron chi connectivity index (χ0n) is 28.5. The van der Waals surface area contributed by atoms with Gasteiger partial charge in [-0.25, -0.2) is 0 Å². The fourth-order valence-electron chi connectivity index (χ4n) is 7.94. The molecule has 2 nitrogen and oxygen atoms in total. The van der Waals surface area contributed by atoms with Crippen molar-refractivity contribution >= 4 is 60.4 Å². The predicted octanol–water partition coefficient (Wildman–Crippen LogP) is 13.9. The van der Waals surface area contributed by atoms with Gasteiger partial charge in [0.05, 0.1) is 11.0 Å². The minimum Gasteiger partial charge on any atom is -0.310 e. The summed E-state index contributed by atoms with van der Waals surface area (Å²) in [5.41, 5.74) is 11.8. The van der Waals surface area contributed by atoms with Crippen molar-refractivity contribution < 1.29 is 0 Å². The number of nitrogens with zero attached hydrogens (tertiary/aromatic N) is 2. The second kappa shape index (κ2) is 12.5. The van der Waals surface area contributed by atoms with Crippen LogP contribution in [-0.4, -0.2) is 4.57 Å². The van der Waals surface area contributed by atoms with Gasteiger partial charge in [-0.2, -0.15) is 0 Å². The van der Waals surface area contributed by atoms with Gasteiger partial charge in [0.25, 0.3) is 0 Å². The van der Waals surface area contributed by atoms with E-state index >= 15 is 0 Å². The van der Waals surface area contributed by atoms with E-state index in [-0.39, 0.29) is 0 Å². The number of benzene rings is 9. The average molecular weight is 663 g/mol. The minimum absolute atomic E-state index is 1.10. The summed E-state index contributed by atoms with van der Waals surface area (Å²) in [7, 11) is 0. The van der Waals surface area contributed by atoms with Crippen LogP contribution in [0.15, 0.2) is 206 Å². The van der Waals surface area contributed by atoms with Crippen LogP contribution in [0, 0.1) is 0 Å². The summed E-state index contributed by atoms with van der Waals surface area (Å²) in [5, 5.41) is 7.49. The van der Waals surface area contributed by atoms with E-state index < -0.39 is 0 Å². The van der Waals surface area contributed by atoms with Crippen LogP contribution in [0.4, 0.5) is 17.1 Å². The van der Waals surface area contributed by atoms with Gasteiger partial charge < -0.3 is 9.47 Å². The number of anilines is 3. The molecule has 244 valence electrons. The van der Waals surface area contributed by atoms with E-state index in [0.29, 0.717) is 0 Å². The average Bonchev–Trinajstić information content (AvgIpc) is 3.55. The van der Waals surface area contributed by atoms with Gasteiger partial charge in [-0.1, -0.05) is 146 Å². The quantitative estimate of drug-likeness (QED) is 0.172. The highest BCUT2D eigenvalue weighted by molar-refractivity contribution is 6.11. The van der Waals surface area contributed by atoms with Crippen molar-refractivity contribution in [2.75, 3.05) is 4.90 Å². The van der Waals surface area contributed by atoms with Crippen LogP contribution in [0.25, 0.3) is 71.3 Å². The Bertz CT molecular complexity index is 2750. The molecule has 0 saturated carbocycles. The normalized spacial score (nSPS) is 11.5. The fraction of sp³-hybridized carbons (Fsp3) is 0. The molecule has 0 aliphatic heterocycles. The van der Waals surface area contributed by atoms with E-state index in [9.17, 15) is 0 Å². The monoisotopic (exact) mass is 662 g/mol. The number of para-hydroxylation sites is 2. The lowest BCUT2D eigenvalue weighted by atomic mass is 9.97. The number of fused-ring (bicyclic) bond motifs is 5. The first-order valence-electron chi connectivity index (χ1n) is 17.9. The maximum Gasteiger partial charge on any atom is 0.0542 e. The largest absolute Gasteiger partial charge is 0.310 e. The number of hydrogen-bond donors (Lipinski definition) is 0. The summed E-state index contributed by atoms with van der Waals surface area (Å²) in [6, 6.07) is 74.7. The van der Waals surface area contributed by atoms with Gasteiger partial charge >= 0.3 is 0 Å². The smallest absolute Gasteiger partial charge is 0.0542 e. The SMILES string of the molecule is c1ccc(-n2c3ccccc3c3cc(N(c4ccc(-c5cccc6ccccc56)cc4)c4ccc(-c5cccc6ccccc56)cc4)ccc32)cc1. The maximum absolute atomic E-state index is 2.38. The molecule has 0 N–H and O–H groups in total. The Hall–Kier alpha value is -6.90. The van der Waals surface area contributed by atoms with E-state index in [1.54, 1.807) is 0 Å². The third-order valence-corrected chi connectivity index (χ3v) is 10.4. The van der Waals surface area contributed by atoms with E-state index in [4.69, 9.17) is 0 Å². The van der Waals surface area contributed by atoms with Gasteiger partial charge in [0, 0.05) is 33.5 Å². The zero-order chi connectivity index (χ0) is 34.4. The summed E-state index contributed by atoms with van der Waals surface area (Å²) in [5.74, 6) is 0. The summed E-state index contributed by atoms with van der Waals surface area (Å²) < 4.78 is 2.37. The fourth-order valence-corrected chi connectivity index (χ4v) is 7.94. The van der Waals surface area contributed by atoms with Crippen molar-refractivity contribution in [3.05, 3.63) is 206 Å². The van der Waals surface area contributed by atoms with Crippen molar-refractivity contribution in [2.24, 2.45) is 0 Å². The third-order valence-electron chi connectivity index (χ3n) is 10.4. The van der Waals surface area contributed by atoms with Crippen LogP contribution in [0.1, 0.15) is 0 Å². The lowest BCUT2D eigenvalue weighted by Gasteiger charge is -2.26. The summed E-state index contributed by atoms with van der Waals surface area (Å²) in [6.07, 6.45) is 0. The molecular weight excluding hydrogens is 629 g/mol. The van der Waals surface area contributed by atoms with Gasteiger partial charge in [-0.05, 0) is 104 Å². The van der Waals surface area contributed by atoms with Gasteiger partial charge in [0.1, 0.15) is 0 Å². The van der Waals surface area contributed by atoms with Crippen molar-refractivity contribution in [3.63, 3.8) is 0 Å². The van der Waals surface area contributed by atoms with Crippen molar-refractivity contribution in [1.82, 2.24) is 4.57 Å². The Kier molecular flexibility index (Phi) is 7.18. The van der Waals surface area contributed by atoms with Crippen LogP contribution in [0.2, 0.25) is 0 Å². The summed E-state index contributed by atoms with van der Waals surface area (Å²) in [4.78, 5) is 2.38. The van der Waals surface area contributed by atoms with E-state index in [1.807, 2.05) is 0 Å². The minimum atomic E-state index is 1.10. The van der Waals surface area contributed by atoms with Gasteiger partial charge in [0.2, 0.25) is 0 Å². The number of aromatic nitrogens is 1. The molecule has 0 aliphatic carbocycles. The first-order chi connectivity index (χ1) is 25.8. The van der Waals surface area contributed by atoms with Crippen LogP contribution < -0.4 is 4.90 Å². The predicted molar refractivity (Wildman–Crippen MR) is 221 cm³/mol. The Labute approximate surface area is 303 Å². The second-order valence-electron chi connectivity index (χ2n) is 13.4. The molecule has 0 amide bonds. The Balaban J connectivity index is 1.13. The molecule has 0 unspecified atom stereocenters. The standard InChI is InChI=1S/C50H34N2/c1-2-16-39(17-3-1)52-49-23-9-8-20-47(49)48-34-42(32-33-50(48)52)51(40-28-24-37(25-29-40)45-21-10-14-35-12-4-6-18-43(35)45)41-30-26-38(27-31-41)46-22-11-15-36-13-5-7-19-44(36)46/h1-34H. The van der Waals surface area contributed by atoms with E-state index in [1.165, 1.54) is 65.6 Å². The molecule has 10 aromatic rings. The molecule has 2 heteroatoms. The molecule has 0 aliphatic rings. The number of rotatable bonds is 6. The van der Waals surface area contributed by atoms with E-state index in [0.717, 1.165) is 22.7 Å². The third kappa shape index (κ3) is 5.04. The van der Waals surface area contributed by atoms with Crippen molar-refractivity contribution in [1.29, 1.82) is 0 Å². The molecule has 0 spiro atoms. The summed E-state index contributed by atoms with van der Waals surface area (Å²) in [6.45, 7) is 0. The highest BCUT2D eigenvalue weighted by Gasteiger charge is 2.18. The van der Waals surface area contributed by atoms with Crippen LogP contribution in [0.5, 0.6) is 0 Å². The first-order valence-corrected chi connectivity index (χ1v) is 17.9. The zero-order valence-corrected chi connectivity index (χ0v) is 28.5. The molecule has 9 aromatic carbocycles. The molecule has 1 heterocycles. The van der Waals surface area contributed by atoms with Crippen molar-refractivity contribution in [3.8, 4) is 27.9 Å². The lowest BCUT2D eigenvalue weighted by Crippen LogP contribution is -2.10. The summed E-state index contributed by atoms with van der Waals surface area (Å²) >= 11 is 0. The molecule has 0 atom stereocenters. The van der Waals surface area contributed by atoms with Gasteiger partial charge in [0.15, 0.2) is 0 Å². The van der Waals surface area contributed by atoms with Crippen LogP contribution in [-0.2, 0) is 0 Å².